The SMILES string of the molecule is C[C@H](NC(=O)c1nn2c(c1Cl)N[C@@H](c1ccccc1)C[C@H]2C(F)(F)F)c1ccccc1. The van der Waals surface area contributed by atoms with E-state index in [9.17, 15) is 18.0 Å². The summed E-state index contributed by atoms with van der Waals surface area (Å²) >= 11 is 6.36. The minimum absolute atomic E-state index is 0.0124. The van der Waals surface area contributed by atoms with Crippen LogP contribution < -0.4 is 10.6 Å². The van der Waals surface area contributed by atoms with E-state index in [1.807, 2.05) is 30.3 Å². The lowest BCUT2D eigenvalue weighted by molar-refractivity contribution is -0.173. The molecule has 31 heavy (non-hydrogen) atoms. The molecule has 1 aliphatic rings. The highest BCUT2D eigenvalue weighted by atomic mass is 35.5. The number of carbonyl (C=O) groups excluding carboxylic acids is 1. The first kappa shape index (κ1) is 21.2. The fourth-order valence-electron chi connectivity index (χ4n) is 3.73. The number of carbonyl (C=O) groups is 1. The number of hydrogen-bond donors (Lipinski definition) is 2. The summed E-state index contributed by atoms with van der Waals surface area (Å²) in [5.74, 6) is -0.649. The molecule has 9 heteroatoms. The molecule has 0 unspecified atom stereocenters. The fraction of sp³-hybridized carbons (Fsp3) is 0.273. The summed E-state index contributed by atoms with van der Waals surface area (Å²) < 4.78 is 42.3. The van der Waals surface area contributed by atoms with Gasteiger partial charge in [0.15, 0.2) is 11.7 Å². The Bertz CT molecular complexity index is 1070. The van der Waals surface area contributed by atoms with Crippen LogP contribution in [0.15, 0.2) is 60.7 Å². The van der Waals surface area contributed by atoms with Crippen LogP contribution in [0.5, 0.6) is 0 Å². The molecule has 162 valence electrons. The topological polar surface area (TPSA) is 59.0 Å². The lowest BCUT2D eigenvalue weighted by Crippen LogP contribution is -2.36. The zero-order valence-electron chi connectivity index (χ0n) is 16.5. The van der Waals surface area contributed by atoms with Crippen LogP contribution in [0, 0.1) is 0 Å². The molecule has 2 heterocycles. The van der Waals surface area contributed by atoms with Crippen molar-refractivity contribution in [2.45, 2.75) is 37.6 Å². The van der Waals surface area contributed by atoms with E-state index >= 15 is 0 Å². The molecule has 2 aromatic carbocycles. The van der Waals surface area contributed by atoms with E-state index in [0.717, 1.165) is 10.2 Å². The van der Waals surface area contributed by atoms with E-state index in [-0.39, 0.29) is 29.0 Å². The molecule has 1 aliphatic heterocycles. The number of nitrogens with one attached hydrogen (secondary N) is 2. The molecule has 0 bridgehead atoms. The number of anilines is 1. The summed E-state index contributed by atoms with van der Waals surface area (Å²) in [6, 6.07) is 15.1. The van der Waals surface area contributed by atoms with Gasteiger partial charge < -0.3 is 10.6 Å². The number of aromatic nitrogens is 2. The maximum absolute atomic E-state index is 13.9. The van der Waals surface area contributed by atoms with E-state index in [0.29, 0.717) is 5.56 Å². The number of halogens is 4. The lowest BCUT2D eigenvalue weighted by Gasteiger charge is -2.33. The van der Waals surface area contributed by atoms with Gasteiger partial charge in [-0.3, -0.25) is 4.79 Å². The maximum atomic E-state index is 13.9. The summed E-state index contributed by atoms with van der Waals surface area (Å²) in [4.78, 5) is 12.8. The Hall–Kier alpha value is -3.00. The van der Waals surface area contributed by atoms with E-state index < -0.39 is 24.2 Å². The summed E-state index contributed by atoms with van der Waals surface area (Å²) in [7, 11) is 0. The normalized spacial score (nSPS) is 19.3. The minimum atomic E-state index is -4.55. The second-order valence-corrected chi connectivity index (χ2v) is 7.84. The predicted molar refractivity (Wildman–Crippen MR) is 112 cm³/mol. The molecule has 0 radical (unpaired) electrons. The molecule has 3 atom stereocenters. The highest BCUT2D eigenvalue weighted by Crippen LogP contribution is 2.46. The number of amides is 1. The van der Waals surface area contributed by atoms with Crippen LogP contribution in [0.3, 0.4) is 0 Å². The van der Waals surface area contributed by atoms with Crippen molar-refractivity contribution < 1.29 is 18.0 Å². The highest BCUT2D eigenvalue weighted by molar-refractivity contribution is 6.36. The second-order valence-electron chi connectivity index (χ2n) is 7.46. The molecule has 1 aromatic heterocycles. The maximum Gasteiger partial charge on any atom is 0.410 e. The number of benzene rings is 2. The average Bonchev–Trinajstić information content (AvgIpc) is 3.10. The van der Waals surface area contributed by atoms with E-state index in [1.165, 1.54) is 0 Å². The standard InChI is InChI=1S/C22H20ClF3N4O/c1-13(14-8-4-2-5-9-14)27-21(31)19-18(23)20-28-16(15-10-6-3-7-11-15)12-17(22(24,25)26)30(20)29-19/h2-11,13,16-17,28H,12H2,1H3,(H,27,31)/t13-,16+,17-/m0/s1. The van der Waals surface area contributed by atoms with Crippen molar-refractivity contribution in [2.24, 2.45) is 0 Å². The van der Waals surface area contributed by atoms with Gasteiger partial charge in [0.25, 0.3) is 5.91 Å². The van der Waals surface area contributed by atoms with Crippen molar-refractivity contribution >= 4 is 23.3 Å². The molecule has 5 nitrogen and oxygen atoms in total. The van der Waals surface area contributed by atoms with Gasteiger partial charge in [-0.2, -0.15) is 18.3 Å². The largest absolute Gasteiger partial charge is 0.410 e. The van der Waals surface area contributed by atoms with Crippen LogP contribution in [0.25, 0.3) is 0 Å². The van der Waals surface area contributed by atoms with Crippen molar-refractivity contribution in [2.75, 3.05) is 5.32 Å². The number of alkyl halides is 3. The van der Waals surface area contributed by atoms with Crippen LogP contribution in [0.1, 0.15) is 53.1 Å². The predicted octanol–water partition coefficient (Wildman–Crippen LogP) is 5.69. The Kier molecular flexibility index (Phi) is 5.66. The van der Waals surface area contributed by atoms with Crippen LogP contribution >= 0.6 is 11.6 Å². The van der Waals surface area contributed by atoms with Crippen LogP contribution in [0.4, 0.5) is 19.0 Å². The average molecular weight is 449 g/mol. The van der Waals surface area contributed by atoms with Gasteiger partial charge in [-0.05, 0) is 18.1 Å². The zero-order valence-corrected chi connectivity index (χ0v) is 17.3. The van der Waals surface area contributed by atoms with Crippen LogP contribution in [-0.2, 0) is 0 Å². The summed E-state index contributed by atoms with van der Waals surface area (Å²) in [5.41, 5.74) is 1.31. The third-order valence-electron chi connectivity index (χ3n) is 5.36. The summed E-state index contributed by atoms with van der Waals surface area (Å²) in [6.07, 6.45) is -4.82. The van der Waals surface area contributed by atoms with Gasteiger partial charge in [-0.25, -0.2) is 4.68 Å². The first-order chi connectivity index (χ1) is 14.8. The zero-order chi connectivity index (χ0) is 22.2. The third-order valence-corrected chi connectivity index (χ3v) is 5.72. The van der Waals surface area contributed by atoms with Crippen LogP contribution in [-0.4, -0.2) is 21.9 Å². The van der Waals surface area contributed by atoms with Crippen LogP contribution in [0.2, 0.25) is 5.02 Å². The van der Waals surface area contributed by atoms with E-state index in [1.54, 1.807) is 37.3 Å². The summed E-state index contributed by atoms with van der Waals surface area (Å²) in [6.45, 7) is 1.78. The Morgan fingerprint density at radius 3 is 2.39 bits per heavy atom. The minimum Gasteiger partial charge on any atom is -0.362 e. The third kappa shape index (κ3) is 4.25. The van der Waals surface area contributed by atoms with Gasteiger partial charge in [0.1, 0.15) is 10.8 Å². The Labute approximate surface area is 182 Å². The lowest BCUT2D eigenvalue weighted by atomic mass is 9.97. The van der Waals surface area contributed by atoms with Crippen molar-refractivity contribution in [1.29, 1.82) is 0 Å². The number of hydrogen-bond acceptors (Lipinski definition) is 3. The van der Waals surface area contributed by atoms with Crippen molar-refractivity contribution in [1.82, 2.24) is 15.1 Å². The Balaban J connectivity index is 1.66. The van der Waals surface area contributed by atoms with E-state index in [4.69, 9.17) is 11.6 Å². The number of rotatable bonds is 4. The van der Waals surface area contributed by atoms with Gasteiger partial charge >= 0.3 is 6.18 Å². The molecule has 0 saturated heterocycles. The molecule has 0 spiro atoms. The molecular formula is C22H20ClF3N4O. The first-order valence-electron chi connectivity index (χ1n) is 9.77. The molecule has 0 saturated carbocycles. The van der Waals surface area contributed by atoms with Gasteiger partial charge in [0.2, 0.25) is 0 Å². The molecule has 2 N–H and O–H groups in total. The summed E-state index contributed by atoms with van der Waals surface area (Å²) in [5, 5.41) is 9.61. The molecule has 1 amide bonds. The van der Waals surface area contributed by atoms with Crippen molar-refractivity contribution in [3.63, 3.8) is 0 Å². The molecule has 0 fully saturated rings. The van der Waals surface area contributed by atoms with Gasteiger partial charge in [0.05, 0.1) is 12.1 Å². The van der Waals surface area contributed by atoms with Crippen molar-refractivity contribution in [3.8, 4) is 0 Å². The van der Waals surface area contributed by atoms with E-state index in [2.05, 4.69) is 15.7 Å². The number of nitrogens with zero attached hydrogens (tertiary/aromatic N) is 2. The number of fused-ring (bicyclic) bond motifs is 1. The molecule has 3 aromatic rings. The highest BCUT2D eigenvalue weighted by Gasteiger charge is 2.47. The Morgan fingerprint density at radius 2 is 1.77 bits per heavy atom. The van der Waals surface area contributed by atoms with Gasteiger partial charge in [0, 0.05) is 6.42 Å². The quantitative estimate of drug-likeness (QED) is 0.539. The molecule has 0 aliphatic carbocycles. The van der Waals surface area contributed by atoms with Gasteiger partial charge in [-0.15, -0.1) is 0 Å². The molecule has 4 rings (SSSR count). The second kappa shape index (κ2) is 8.26. The smallest absolute Gasteiger partial charge is 0.362 e. The van der Waals surface area contributed by atoms with Crippen molar-refractivity contribution in [3.05, 3.63) is 82.5 Å². The first-order valence-corrected chi connectivity index (χ1v) is 10.2. The Morgan fingerprint density at radius 1 is 1.16 bits per heavy atom. The molecular weight excluding hydrogens is 429 g/mol. The fourth-order valence-corrected chi connectivity index (χ4v) is 3.99. The monoisotopic (exact) mass is 448 g/mol. The van der Waals surface area contributed by atoms with Gasteiger partial charge in [-0.1, -0.05) is 72.3 Å².